The molecule has 0 heterocycles. The van der Waals surface area contributed by atoms with Crippen molar-refractivity contribution in [2.24, 2.45) is 22.7 Å². The fourth-order valence-electron chi connectivity index (χ4n) is 3.41. The monoisotopic (exact) mass is 234 g/mol. The van der Waals surface area contributed by atoms with E-state index in [0.717, 1.165) is 19.3 Å². The summed E-state index contributed by atoms with van der Waals surface area (Å²) in [6.07, 6.45) is 2.94. The molecule has 0 bridgehead atoms. The largest absolute Gasteiger partial charge is 0.352 e. The van der Waals surface area contributed by atoms with Crippen molar-refractivity contribution in [2.75, 3.05) is 0 Å². The van der Waals surface area contributed by atoms with E-state index in [-0.39, 0.29) is 34.6 Å². The predicted molar refractivity (Wildman–Crippen MR) is 65.9 cm³/mol. The number of rotatable bonds is 2. The van der Waals surface area contributed by atoms with Crippen LogP contribution >= 0.6 is 0 Å². The minimum Gasteiger partial charge on any atom is -0.352 e. The zero-order chi connectivity index (χ0) is 12.8. The summed E-state index contributed by atoms with van der Waals surface area (Å²) in [6, 6.07) is 2.39. The van der Waals surface area contributed by atoms with E-state index in [0.29, 0.717) is 0 Å². The number of nitriles is 1. The summed E-state index contributed by atoms with van der Waals surface area (Å²) in [5.41, 5.74) is 0.162. The van der Waals surface area contributed by atoms with Crippen LogP contribution in [0.2, 0.25) is 0 Å². The number of amides is 1. The molecule has 2 atom stereocenters. The molecule has 2 fully saturated rings. The maximum atomic E-state index is 12.2. The molecule has 2 rings (SSSR count). The van der Waals surface area contributed by atoms with Gasteiger partial charge in [0, 0.05) is 12.0 Å². The highest BCUT2D eigenvalue weighted by Crippen LogP contribution is 2.68. The number of hydrogen-bond acceptors (Lipinski definition) is 2. The van der Waals surface area contributed by atoms with Gasteiger partial charge in [-0.25, -0.2) is 0 Å². The molecule has 0 aromatic carbocycles. The Hall–Kier alpha value is -1.04. The molecule has 2 aliphatic rings. The third kappa shape index (κ3) is 1.74. The first-order chi connectivity index (χ1) is 7.82. The molecule has 2 saturated carbocycles. The number of carbonyl (C=O) groups is 1. The summed E-state index contributed by atoms with van der Waals surface area (Å²) < 4.78 is 0. The third-order valence-corrected chi connectivity index (χ3v) is 5.29. The number of nitrogens with zero attached hydrogens (tertiary/aromatic N) is 1. The van der Waals surface area contributed by atoms with Gasteiger partial charge in [-0.2, -0.15) is 5.26 Å². The fourth-order valence-corrected chi connectivity index (χ4v) is 3.41. The van der Waals surface area contributed by atoms with Gasteiger partial charge in [-0.15, -0.1) is 0 Å². The highest BCUT2D eigenvalue weighted by Gasteiger charge is 2.68. The molecule has 0 radical (unpaired) electrons. The van der Waals surface area contributed by atoms with Crippen LogP contribution in [0.1, 0.15) is 47.0 Å². The van der Waals surface area contributed by atoms with Gasteiger partial charge < -0.3 is 5.32 Å². The molecule has 2 aliphatic carbocycles. The van der Waals surface area contributed by atoms with E-state index in [1.807, 2.05) is 0 Å². The number of hydrogen-bond donors (Lipinski definition) is 1. The van der Waals surface area contributed by atoms with Gasteiger partial charge in [-0.1, -0.05) is 27.7 Å². The first kappa shape index (κ1) is 12.4. The molecule has 3 heteroatoms. The van der Waals surface area contributed by atoms with Crippen molar-refractivity contribution in [1.82, 2.24) is 5.32 Å². The Morgan fingerprint density at radius 3 is 2.29 bits per heavy atom. The first-order valence-corrected chi connectivity index (χ1v) is 6.52. The normalized spacial score (nSPS) is 34.1. The number of carbonyl (C=O) groups excluding carboxylic acids is 1. The van der Waals surface area contributed by atoms with Crippen molar-refractivity contribution in [1.29, 1.82) is 5.26 Å². The SMILES string of the molecule is CC1(C)C(C(=O)N[C@@H]2CCC[C@H]2C#N)C1(C)C. The Kier molecular flexibility index (Phi) is 2.72. The van der Waals surface area contributed by atoms with Crippen LogP contribution in [0.25, 0.3) is 0 Å². The van der Waals surface area contributed by atoms with Gasteiger partial charge in [0.15, 0.2) is 0 Å². The third-order valence-electron chi connectivity index (χ3n) is 5.29. The van der Waals surface area contributed by atoms with Crippen LogP contribution in [0.5, 0.6) is 0 Å². The van der Waals surface area contributed by atoms with Crippen LogP contribution in [0, 0.1) is 34.0 Å². The minimum atomic E-state index is 0.0175. The van der Waals surface area contributed by atoms with Gasteiger partial charge in [0.25, 0.3) is 0 Å². The summed E-state index contributed by atoms with van der Waals surface area (Å²) in [6.45, 7) is 8.59. The molecule has 1 amide bonds. The quantitative estimate of drug-likeness (QED) is 0.798. The molecular weight excluding hydrogens is 212 g/mol. The van der Waals surface area contributed by atoms with Gasteiger partial charge in [-0.05, 0) is 30.1 Å². The molecule has 0 unspecified atom stereocenters. The zero-order valence-corrected chi connectivity index (χ0v) is 11.2. The van der Waals surface area contributed by atoms with E-state index < -0.39 is 0 Å². The summed E-state index contributed by atoms with van der Waals surface area (Å²) in [7, 11) is 0. The Morgan fingerprint density at radius 2 is 1.82 bits per heavy atom. The molecule has 0 spiro atoms. The molecule has 0 aromatic heterocycles. The van der Waals surface area contributed by atoms with E-state index in [2.05, 4.69) is 39.1 Å². The second-order valence-electron chi connectivity index (χ2n) is 6.66. The summed E-state index contributed by atoms with van der Waals surface area (Å²) >= 11 is 0. The van der Waals surface area contributed by atoms with Crippen molar-refractivity contribution < 1.29 is 4.79 Å². The molecule has 17 heavy (non-hydrogen) atoms. The average Bonchev–Trinajstić information content (AvgIpc) is 2.57. The molecule has 3 nitrogen and oxygen atoms in total. The maximum Gasteiger partial charge on any atom is 0.224 e. The van der Waals surface area contributed by atoms with E-state index in [9.17, 15) is 4.79 Å². The lowest BCUT2D eigenvalue weighted by molar-refractivity contribution is -0.124. The number of nitrogens with one attached hydrogen (secondary N) is 1. The lowest BCUT2D eigenvalue weighted by Crippen LogP contribution is -2.39. The van der Waals surface area contributed by atoms with E-state index in [1.165, 1.54) is 0 Å². The summed E-state index contributed by atoms with van der Waals surface area (Å²) in [4.78, 5) is 12.2. The van der Waals surface area contributed by atoms with Gasteiger partial charge in [-0.3, -0.25) is 4.79 Å². The minimum absolute atomic E-state index is 0.0175. The van der Waals surface area contributed by atoms with Gasteiger partial charge in [0.2, 0.25) is 5.91 Å². The van der Waals surface area contributed by atoms with Crippen molar-refractivity contribution in [2.45, 2.75) is 53.0 Å². The zero-order valence-electron chi connectivity index (χ0n) is 11.2. The van der Waals surface area contributed by atoms with Gasteiger partial charge in [0.05, 0.1) is 12.0 Å². The highest BCUT2D eigenvalue weighted by molar-refractivity contribution is 5.84. The molecule has 0 saturated heterocycles. The Balaban J connectivity index is 1.98. The van der Waals surface area contributed by atoms with Crippen LogP contribution < -0.4 is 5.32 Å². The van der Waals surface area contributed by atoms with Crippen LogP contribution in [0.4, 0.5) is 0 Å². The van der Waals surface area contributed by atoms with E-state index in [4.69, 9.17) is 5.26 Å². The van der Waals surface area contributed by atoms with Crippen molar-refractivity contribution in [3.63, 3.8) is 0 Å². The Bertz CT molecular complexity index is 364. The summed E-state index contributed by atoms with van der Waals surface area (Å²) in [5, 5.41) is 12.1. The molecule has 94 valence electrons. The van der Waals surface area contributed by atoms with Crippen molar-refractivity contribution in [3.8, 4) is 6.07 Å². The van der Waals surface area contributed by atoms with Crippen molar-refractivity contribution >= 4 is 5.91 Å². The lowest BCUT2D eigenvalue weighted by atomic mass is 10.0. The first-order valence-electron chi connectivity index (χ1n) is 6.52. The maximum absolute atomic E-state index is 12.2. The molecular formula is C14H22N2O. The summed E-state index contributed by atoms with van der Waals surface area (Å²) in [5.74, 6) is 0.256. The average molecular weight is 234 g/mol. The van der Waals surface area contributed by atoms with E-state index in [1.54, 1.807) is 0 Å². The standard InChI is InChI=1S/C14H22N2O/c1-13(2)11(14(13,3)4)12(17)16-10-7-5-6-9(10)8-15/h9-11H,5-7H2,1-4H3,(H,16,17)/t9-,10+/m0/s1. The van der Waals surface area contributed by atoms with E-state index >= 15 is 0 Å². The van der Waals surface area contributed by atoms with Gasteiger partial charge >= 0.3 is 0 Å². The molecule has 0 aliphatic heterocycles. The smallest absolute Gasteiger partial charge is 0.224 e. The lowest BCUT2D eigenvalue weighted by Gasteiger charge is -2.16. The fraction of sp³-hybridized carbons (Fsp3) is 0.857. The predicted octanol–water partition coefficient (Wildman–Crippen LogP) is 2.48. The van der Waals surface area contributed by atoms with Crippen LogP contribution in [-0.2, 0) is 4.79 Å². The molecule has 0 aromatic rings. The van der Waals surface area contributed by atoms with Gasteiger partial charge in [0.1, 0.15) is 0 Å². The van der Waals surface area contributed by atoms with Crippen LogP contribution in [-0.4, -0.2) is 11.9 Å². The second kappa shape index (κ2) is 3.73. The van der Waals surface area contributed by atoms with Crippen LogP contribution in [0.3, 0.4) is 0 Å². The Labute approximate surface area is 104 Å². The second-order valence-corrected chi connectivity index (χ2v) is 6.66. The molecule has 1 N–H and O–H groups in total. The van der Waals surface area contributed by atoms with Crippen molar-refractivity contribution in [3.05, 3.63) is 0 Å². The highest BCUT2D eigenvalue weighted by atomic mass is 16.2. The van der Waals surface area contributed by atoms with Crippen LogP contribution in [0.15, 0.2) is 0 Å². The Morgan fingerprint density at radius 1 is 1.24 bits per heavy atom. The topological polar surface area (TPSA) is 52.9 Å².